The quantitative estimate of drug-likeness (QED) is 0.586. The standard InChI is InChI=1S/C18H18BrNO4/c1-12(2)13-3-5-14(6-4-13)20-17(21)11-23-18(22)10-8-15-7-9-16(19)24-15/h3-10,12H,11H2,1-2H3,(H,20,21)/b10-8+. The number of halogens is 1. The summed E-state index contributed by atoms with van der Waals surface area (Å²) in [5.74, 6) is -0.0755. The van der Waals surface area contributed by atoms with Gasteiger partial charge in [-0.1, -0.05) is 26.0 Å². The molecule has 0 atom stereocenters. The Hall–Kier alpha value is -2.34. The van der Waals surface area contributed by atoms with Gasteiger partial charge in [-0.3, -0.25) is 4.79 Å². The van der Waals surface area contributed by atoms with Gasteiger partial charge in [-0.05, 0) is 57.8 Å². The van der Waals surface area contributed by atoms with E-state index in [-0.39, 0.29) is 6.61 Å². The van der Waals surface area contributed by atoms with Crippen LogP contribution < -0.4 is 5.32 Å². The van der Waals surface area contributed by atoms with Crippen LogP contribution in [-0.4, -0.2) is 18.5 Å². The molecule has 0 aliphatic heterocycles. The zero-order chi connectivity index (χ0) is 17.5. The molecule has 1 aromatic heterocycles. The molecule has 0 aliphatic carbocycles. The molecule has 0 spiro atoms. The van der Waals surface area contributed by atoms with Crippen LogP contribution in [0.3, 0.4) is 0 Å². The average Bonchev–Trinajstić information content (AvgIpc) is 2.97. The summed E-state index contributed by atoms with van der Waals surface area (Å²) in [5.41, 5.74) is 1.85. The van der Waals surface area contributed by atoms with Crippen molar-refractivity contribution in [2.75, 3.05) is 11.9 Å². The number of esters is 1. The van der Waals surface area contributed by atoms with Gasteiger partial charge >= 0.3 is 5.97 Å². The summed E-state index contributed by atoms with van der Waals surface area (Å²) in [7, 11) is 0. The summed E-state index contributed by atoms with van der Waals surface area (Å²) >= 11 is 3.16. The molecule has 6 heteroatoms. The van der Waals surface area contributed by atoms with Crippen LogP contribution in [0.15, 0.2) is 51.6 Å². The summed E-state index contributed by atoms with van der Waals surface area (Å²) in [5, 5.41) is 2.68. The Morgan fingerprint density at radius 3 is 2.50 bits per heavy atom. The molecule has 0 unspecified atom stereocenters. The molecule has 2 aromatic rings. The van der Waals surface area contributed by atoms with Crippen LogP contribution in [0.25, 0.3) is 6.08 Å². The minimum atomic E-state index is -0.618. The fourth-order valence-electron chi connectivity index (χ4n) is 1.90. The van der Waals surface area contributed by atoms with E-state index in [0.717, 1.165) is 0 Å². The van der Waals surface area contributed by atoms with Crippen LogP contribution in [0.4, 0.5) is 5.69 Å². The fourth-order valence-corrected chi connectivity index (χ4v) is 2.22. The van der Waals surface area contributed by atoms with Gasteiger partial charge in [0.25, 0.3) is 5.91 Å². The Morgan fingerprint density at radius 1 is 1.21 bits per heavy atom. The van der Waals surface area contributed by atoms with E-state index in [4.69, 9.17) is 9.15 Å². The lowest BCUT2D eigenvalue weighted by atomic mass is 10.0. The normalized spacial score (nSPS) is 11.0. The smallest absolute Gasteiger partial charge is 0.331 e. The highest BCUT2D eigenvalue weighted by Gasteiger charge is 2.06. The summed E-state index contributed by atoms with van der Waals surface area (Å²) < 4.78 is 10.7. The zero-order valence-electron chi connectivity index (χ0n) is 13.4. The van der Waals surface area contributed by atoms with Crippen molar-refractivity contribution in [2.24, 2.45) is 0 Å². The van der Waals surface area contributed by atoms with Crippen molar-refractivity contribution >= 4 is 39.6 Å². The zero-order valence-corrected chi connectivity index (χ0v) is 15.0. The van der Waals surface area contributed by atoms with Crippen molar-refractivity contribution in [3.8, 4) is 0 Å². The maximum Gasteiger partial charge on any atom is 0.331 e. The van der Waals surface area contributed by atoms with E-state index in [2.05, 4.69) is 35.1 Å². The molecular weight excluding hydrogens is 374 g/mol. The molecule has 0 bridgehead atoms. The van der Waals surface area contributed by atoms with Crippen molar-refractivity contribution in [3.63, 3.8) is 0 Å². The van der Waals surface area contributed by atoms with Crippen molar-refractivity contribution < 1.29 is 18.7 Å². The molecule has 1 heterocycles. The minimum Gasteiger partial charge on any atom is -0.452 e. The van der Waals surface area contributed by atoms with Gasteiger partial charge in [-0.15, -0.1) is 0 Å². The van der Waals surface area contributed by atoms with E-state index in [1.165, 1.54) is 17.7 Å². The van der Waals surface area contributed by atoms with Crippen LogP contribution in [0, 0.1) is 0 Å². The van der Waals surface area contributed by atoms with Crippen LogP contribution >= 0.6 is 15.9 Å². The number of anilines is 1. The van der Waals surface area contributed by atoms with Crippen LogP contribution in [0.1, 0.15) is 31.1 Å². The molecule has 5 nitrogen and oxygen atoms in total. The summed E-state index contributed by atoms with van der Waals surface area (Å²) in [6.07, 6.45) is 2.67. The number of benzene rings is 1. The number of carbonyl (C=O) groups excluding carboxylic acids is 2. The Kier molecular flexibility index (Phi) is 6.37. The van der Waals surface area contributed by atoms with Gasteiger partial charge in [-0.2, -0.15) is 0 Å². The number of hydrogen-bond donors (Lipinski definition) is 1. The van der Waals surface area contributed by atoms with Gasteiger partial charge in [0.2, 0.25) is 0 Å². The Labute approximate surface area is 148 Å². The first-order valence-corrected chi connectivity index (χ1v) is 8.23. The van der Waals surface area contributed by atoms with Crippen molar-refractivity contribution in [3.05, 3.63) is 58.5 Å². The summed E-state index contributed by atoms with van der Waals surface area (Å²) in [6, 6.07) is 11.0. The van der Waals surface area contributed by atoms with Gasteiger partial charge in [-0.25, -0.2) is 4.79 Å². The summed E-state index contributed by atoms with van der Waals surface area (Å²) in [6.45, 7) is 3.85. The highest BCUT2D eigenvalue weighted by molar-refractivity contribution is 9.10. The molecule has 0 fully saturated rings. The van der Waals surface area contributed by atoms with E-state index in [1.807, 2.05) is 24.3 Å². The topological polar surface area (TPSA) is 68.5 Å². The third-order valence-corrected chi connectivity index (χ3v) is 3.61. The van der Waals surface area contributed by atoms with Crippen molar-refractivity contribution in [2.45, 2.75) is 19.8 Å². The third-order valence-electron chi connectivity index (χ3n) is 3.18. The molecule has 24 heavy (non-hydrogen) atoms. The maximum atomic E-state index is 11.8. The molecule has 1 amide bonds. The monoisotopic (exact) mass is 391 g/mol. The highest BCUT2D eigenvalue weighted by Crippen LogP contribution is 2.17. The van der Waals surface area contributed by atoms with Crippen molar-refractivity contribution in [1.29, 1.82) is 0 Å². The molecule has 0 saturated carbocycles. The van der Waals surface area contributed by atoms with Crippen LogP contribution in [0.5, 0.6) is 0 Å². The second-order valence-corrected chi connectivity index (χ2v) is 6.19. The average molecular weight is 392 g/mol. The van der Waals surface area contributed by atoms with E-state index >= 15 is 0 Å². The van der Waals surface area contributed by atoms with Gasteiger partial charge in [0.1, 0.15) is 5.76 Å². The summed E-state index contributed by atoms with van der Waals surface area (Å²) in [4.78, 5) is 23.3. The van der Waals surface area contributed by atoms with Gasteiger partial charge in [0, 0.05) is 11.8 Å². The number of furan rings is 1. The van der Waals surface area contributed by atoms with E-state index < -0.39 is 11.9 Å². The Balaban J connectivity index is 1.78. The first-order chi connectivity index (χ1) is 11.4. The third kappa shape index (κ3) is 5.70. The first-order valence-electron chi connectivity index (χ1n) is 7.44. The number of hydrogen-bond acceptors (Lipinski definition) is 4. The molecule has 0 saturated heterocycles. The predicted octanol–water partition coefficient (Wildman–Crippen LogP) is 4.36. The van der Waals surface area contributed by atoms with Crippen LogP contribution in [-0.2, 0) is 14.3 Å². The van der Waals surface area contributed by atoms with Crippen LogP contribution in [0.2, 0.25) is 0 Å². The first kappa shape index (κ1) is 18.0. The second kappa shape index (κ2) is 8.49. The number of amides is 1. The number of nitrogens with one attached hydrogen (secondary N) is 1. The largest absolute Gasteiger partial charge is 0.452 e. The lowest BCUT2D eigenvalue weighted by molar-refractivity contribution is -0.142. The highest BCUT2D eigenvalue weighted by atomic mass is 79.9. The number of rotatable bonds is 6. The minimum absolute atomic E-state index is 0.350. The molecular formula is C18H18BrNO4. The lowest BCUT2D eigenvalue weighted by Crippen LogP contribution is -2.20. The van der Waals surface area contributed by atoms with E-state index in [1.54, 1.807) is 12.1 Å². The second-order valence-electron chi connectivity index (χ2n) is 5.41. The van der Waals surface area contributed by atoms with Gasteiger partial charge in [0.15, 0.2) is 11.3 Å². The van der Waals surface area contributed by atoms with E-state index in [0.29, 0.717) is 22.0 Å². The molecule has 0 aliphatic rings. The van der Waals surface area contributed by atoms with Crippen molar-refractivity contribution in [1.82, 2.24) is 0 Å². The lowest BCUT2D eigenvalue weighted by Gasteiger charge is -2.08. The Bertz CT molecular complexity index is 732. The molecule has 1 N–H and O–H groups in total. The molecule has 126 valence electrons. The maximum absolute atomic E-state index is 11.8. The fraction of sp³-hybridized carbons (Fsp3) is 0.222. The molecule has 2 rings (SSSR count). The molecule has 1 aromatic carbocycles. The number of carbonyl (C=O) groups is 2. The molecule has 0 radical (unpaired) electrons. The SMILES string of the molecule is CC(C)c1ccc(NC(=O)COC(=O)/C=C/c2ccc(Br)o2)cc1. The predicted molar refractivity (Wildman–Crippen MR) is 95.6 cm³/mol. The van der Waals surface area contributed by atoms with Gasteiger partial charge < -0.3 is 14.5 Å². The number of ether oxygens (including phenoxy) is 1. The van der Waals surface area contributed by atoms with E-state index in [9.17, 15) is 9.59 Å². The van der Waals surface area contributed by atoms with Gasteiger partial charge in [0.05, 0.1) is 0 Å². The Morgan fingerprint density at radius 2 is 1.92 bits per heavy atom.